The van der Waals surface area contributed by atoms with E-state index in [1.807, 2.05) is 11.3 Å². The van der Waals surface area contributed by atoms with Crippen molar-refractivity contribution in [1.82, 2.24) is 4.57 Å². The SMILES string of the molecule is CC1(C)c2ccccc2-c2ccc(-c3ccc(N(c4ccc5sc6ccccc6c5c4)c4cc(-c5ccc(-n6c7ccccc7c7ccccc76)cc5)c5oc6ccccc6c5c4)cc3)cc21. The molecule has 0 aliphatic heterocycles. The first-order chi connectivity index (χ1) is 33.0. The fraction of sp³-hybridized carbons (Fsp3) is 0.0476. The van der Waals surface area contributed by atoms with E-state index in [0.29, 0.717) is 0 Å². The van der Waals surface area contributed by atoms with Crippen molar-refractivity contribution in [2.24, 2.45) is 0 Å². The zero-order valence-corrected chi connectivity index (χ0v) is 37.8. The number of hydrogen-bond donors (Lipinski definition) is 0. The highest BCUT2D eigenvalue weighted by Crippen LogP contribution is 2.50. The topological polar surface area (TPSA) is 21.3 Å². The molecule has 1 aliphatic rings. The van der Waals surface area contributed by atoms with Crippen LogP contribution in [-0.4, -0.2) is 4.57 Å². The lowest BCUT2D eigenvalue weighted by Crippen LogP contribution is -2.14. The van der Waals surface area contributed by atoms with Crippen LogP contribution in [0, 0.1) is 0 Å². The van der Waals surface area contributed by atoms with Gasteiger partial charge in [-0.25, -0.2) is 0 Å². The molecule has 3 heterocycles. The molecule has 316 valence electrons. The second-order valence-electron chi connectivity index (χ2n) is 18.5. The summed E-state index contributed by atoms with van der Waals surface area (Å²) in [6, 6.07) is 80.2. The molecule has 10 aromatic carbocycles. The van der Waals surface area contributed by atoms with Gasteiger partial charge in [0, 0.05) is 75.4 Å². The molecule has 3 nitrogen and oxygen atoms in total. The first-order valence-corrected chi connectivity index (χ1v) is 23.9. The second-order valence-corrected chi connectivity index (χ2v) is 19.6. The van der Waals surface area contributed by atoms with Gasteiger partial charge in [0.2, 0.25) is 0 Å². The van der Waals surface area contributed by atoms with Crippen LogP contribution in [0.5, 0.6) is 0 Å². The Bertz CT molecular complexity index is 4080. The average Bonchev–Trinajstić information content (AvgIpc) is 4.11. The normalized spacial score (nSPS) is 13.0. The minimum atomic E-state index is -0.0674. The van der Waals surface area contributed by atoms with E-state index >= 15 is 0 Å². The van der Waals surface area contributed by atoms with Crippen molar-refractivity contribution >= 4 is 92.3 Å². The predicted molar refractivity (Wildman–Crippen MR) is 284 cm³/mol. The highest BCUT2D eigenvalue weighted by Gasteiger charge is 2.35. The van der Waals surface area contributed by atoms with Gasteiger partial charge in [0.1, 0.15) is 11.2 Å². The van der Waals surface area contributed by atoms with Gasteiger partial charge >= 0.3 is 0 Å². The summed E-state index contributed by atoms with van der Waals surface area (Å²) in [6.45, 7) is 4.70. The molecule has 0 spiro atoms. The fourth-order valence-corrected chi connectivity index (χ4v) is 12.2. The van der Waals surface area contributed by atoms with E-state index in [9.17, 15) is 0 Å². The van der Waals surface area contributed by atoms with Crippen molar-refractivity contribution in [3.63, 3.8) is 0 Å². The minimum absolute atomic E-state index is 0.0674. The Kier molecular flexibility index (Phi) is 8.20. The quantitative estimate of drug-likeness (QED) is 0.166. The molecule has 0 amide bonds. The number of benzene rings is 10. The van der Waals surface area contributed by atoms with Crippen molar-refractivity contribution in [1.29, 1.82) is 0 Å². The smallest absolute Gasteiger partial charge is 0.143 e. The first-order valence-electron chi connectivity index (χ1n) is 23.1. The molecule has 4 heteroatoms. The van der Waals surface area contributed by atoms with Crippen LogP contribution in [0.3, 0.4) is 0 Å². The van der Waals surface area contributed by atoms with Crippen molar-refractivity contribution in [3.8, 4) is 39.1 Å². The van der Waals surface area contributed by atoms with Crippen molar-refractivity contribution in [2.45, 2.75) is 19.3 Å². The van der Waals surface area contributed by atoms with Crippen LogP contribution >= 0.6 is 11.3 Å². The van der Waals surface area contributed by atoms with Gasteiger partial charge in [-0.1, -0.05) is 147 Å². The molecular formula is C63H42N2OS. The van der Waals surface area contributed by atoms with Crippen molar-refractivity contribution < 1.29 is 4.42 Å². The van der Waals surface area contributed by atoms with E-state index in [0.717, 1.165) is 55.8 Å². The highest BCUT2D eigenvalue weighted by atomic mass is 32.1. The number of anilines is 3. The number of thiophene rings is 1. The summed E-state index contributed by atoms with van der Waals surface area (Å²) in [5.41, 5.74) is 18.4. The zero-order valence-electron chi connectivity index (χ0n) is 37.0. The third-order valence-corrected chi connectivity index (χ3v) is 15.6. The Morgan fingerprint density at radius 2 is 1.00 bits per heavy atom. The molecule has 3 aromatic heterocycles. The summed E-state index contributed by atoms with van der Waals surface area (Å²) in [7, 11) is 0. The molecule has 14 rings (SSSR count). The number of rotatable bonds is 6. The van der Waals surface area contributed by atoms with E-state index in [1.165, 1.54) is 75.4 Å². The molecule has 0 N–H and O–H groups in total. The van der Waals surface area contributed by atoms with Crippen molar-refractivity contribution in [2.75, 3.05) is 4.90 Å². The molecule has 0 unspecified atom stereocenters. The summed E-state index contributed by atoms with van der Waals surface area (Å²) < 4.78 is 11.8. The maximum absolute atomic E-state index is 6.81. The van der Waals surface area contributed by atoms with Gasteiger partial charge in [-0.3, -0.25) is 0 Å². The zero-order chi connectivity index (χ0) is 44.4. The summed E-state index contributed by atoms with van der Waals surface area (Å²) >= 11 is 1.85. The van der Waals surface area contributed by atoms with E-state index in [4.69, 9.17) is 4.42 Å². The highest BCUT2D eigenvalue weighted by molar-refractivity contribution is 7.25. The van der Waals surface area contributed by atoms with Crippen LogP contribution in [0.25, 0.3) is 103 Å². The van der Waals surface area contributed by atoms with Gasteiger partial charge in [0.25, 0.3) is 0 Å². The monoisotopic (exact) mass is 874 g/mol. The second kappa shape index (κ2) is 14.4. The maximum Gasteiger partial charge on any atom is 0.143 e. The lowest BCUT2D eigenvalue weighted by atomic mass is 9.81. The fourth-order valence-electron chi connectivity index (χ4n) is 11.1. The maximum atomic E-state index is 6.81. The van der Waals surface area contributed by atoms with Crippen LogP contribution in [0.1, 0.15) is 25.0 Å². The van der Waals surface area contributed by atoms with E-state index in [2.05, 4.69) is 242 Å². The lowest BCUT2D eigenvalue weighted by Gasteiger charge is -2.27. The summed E-state index contributed by atoms with van der Waals surface area (Å²) in [6.07, 6.45) is 0. The summed E-state index contributed by atoms with van der Waals surface area (Å²) in [4.78, 5) is 2.43. The van der Waals surface area contributed by atoms with Gasteiger partial charge in [0.05, 0.1) is 11.0 Å². The minimum Gasteiger partial charge on any atom is -0.455 e. The lowest BCUT2D eigenvalue weighted by molar-refractivity contribution is 0.660. The molecule has 13 aromatic rings. The van der Waals surface area contributed by atoms with Gasteiger partial charge in [-0.2, -0.15) is 0 Å². The number of fused-ring (bicyclic) bond motifs is 12. The van der Waals surface area contributed by atoms with Crippen LogP contribution in [0.15, 0.2) is 223 Å². The summed E-state index contributed by atoms with van der Waals surface area (Å²) in [5, 5.41) is 7.23. The van der Waals surface area contributed by atoms with Crippen molar-refractivity contribution in [3.05, 3.63) is 230 Å². The number of para-hydroxylation sites is 3. The van der Waals surface area contributed by atoms with Gasteiger partial charge in [-0.15, -0.1) is 11.3 Å². The van der Waals surface area contributed by atoms with Crippen LogP contribution < -0.4 is 4.90 Å². The molecule has 1 aliphatic carbocycles. The van der Waals surface area contributed by atoms with Gasteiger partial charge < -0.3 is 13.9 Å². The number of hydrogen-bond acceptors (Lipinski definition) is 3. The van der Waals surface area contributed by atoms with Crippen LogP contribution in [0.4, 0.5) is 17.1 Å². The Morgan fingerprint density at radius 3 is 1.79 bits per heavy atom. The van der Waals surface area contributed by atoms with E-state index in [-0.39, 0.29) is 5.41 Å². The molecular weight excluding hydrogens is 833 g/mol. The van der Waals surface area contributed by atoms with Crippen LogP contribution in [-0.2, 0) is 5.41 Å². The van der Waals surface area contributed by atoms with Crippen LogP contribution in [0.2, 0.25) is 0 Å². The summed E-state index contributed by atoms with van der Waals surface area (Å²) in [5.74, 6) is 0. The third-order valence-electron chi connectivity index (χ3n) is 14.4. The largest absolute Gasteiger partial charge is 0.455 e. The molecule has 0 radical (unpaired) electrons. The van der Waals surface area contributed by atoms with E-state index < -0.39 is 0 Å². The van der Waals surface area contributed by atoms with E-state index in [1.54, 1.807) is 0 Å². The van der Waals surface area contributed by atoms with Gasteiger partial charge in [-0.05, 0) is 124 Å². The number of nitrogens with zero attached hydrogens (tertiary/aromatic N) is 2. The molecule has 0 fully saturated rings. The molecule has 0 saturated carbocycles. The Balaban J connectivity index is 0.942. The molecule has 0 atom stereocenters. The molecule has 67 heavy (non-hydrogen) atoms. The molecule has 0 bridgehead atoms. The number of aromatic nitrogens is 1. The number of furan rings is 1. The molecule has 0 saturated heterocycles. The average molecular weight is 875 g/mol. The third kappa shape index (κ3) is 5.76. The Labute approximate surface area is 392 Å². The Morgan fingerprint density at radius 1 is 0.403 bits per heavy atom. The Hall–Kier alpha value is -8.18. The first kappa shape index (κ1) is 38.1. The standard InChI is InChI=1S/C63H42N2OS/c1-63(2)55-18-8-3-13-46(55)47-33-27-41(35-56(47)63)39-23-28-42(29-24-39)64(44-32-34-61-53(36-44)51-17-7-12-22-60(51)67-61)45-37-52(62-54(38-45)50-16-6-11-21-59(50)66-62)40-25-30-43(31-26-40)65-57-19-9-4-14-48(57)49-15-5-10-20-58(49)65/h3-38H,1-2H3. The predicted octanol–water partition coefficient (Wildman–Crippen LogP) is 18.2. The van der Waals surface area contributed by atoms with Gasteiger partial charge in [0.15, 0.2) is 0 Å².